The molecular weight excluding hydrogens is 338 g/mol. The third-order valence-corrected chi connectivity index (χ3v) is 4.22. The van der Waals surface area contributed by atoms with Crippen molar-refractivity contribution in [2.45, 2.75) is 13.0 Å². The highest BCUT2D eigenvalue weighted by molar-refractivity contribution is 5.96. The number of hydrogen-bond acceptors (Lipinski definition) is 3. The Labute approximate surface area is 158 Å². The Morgan fingerprint density at radius 2 is 1.37 bits per heavy atom. The van der Waals surface area contributed by atoms with Gasteiger partial charge in [0.2, 0.25) is 0 Å². The van der Waals surface area contributed by atoms with Crippen molar-refractivity contribution in [3.05, 3.63) is 96.1 Å². The first kappa shape index (κ1) is 18.4. The highest BCUT2D eigenvalue weighted by atomic mass is 16.5. The molecule has 3 rings (SSSR count). The summed E-state index contributed by atoms with van der Waals surface area (Å²) in [5.41, 5.74) is 3.53. The first-order valence-corrected chi connectivity index (χ1v) is 8.81. The van der Waals surface area contributed by atoms with Gasteiger partial charge in [0.15, 0.2) is 0 Å². The van der Waals surface area contributed by atoms with Crippen molar-refractivity contribution in [1.29, 1.82) is 0 Å². The van der Waals surface area contributed by atoms with Gasteiger partial charge in [-0.15, -0.1) is 0 Å². The number of nitrogens with one attached hydrogen (secondary N) is 1. The first-order chi connectivity index (χ1) is 13.1. The maximum Gasteiger partial charge on any atom is 0.326 e. The molecule has 0 bridgehead atoms. The number of carbonyl (C=O) groups excluding carboxylic acids is 2. The third kappa shape index (κ3) is 5.05. The summed E-state index contributed by atoms with van der Waals surface area (Å²) >= 11 is 0. The van der Waals surface area contributed by atoms with Crippen molar-refractivity contribution < 1.29 is 14.3 Å². The molecule has 0 unspecified atom stereocenters. The maximum absolute atomic E-state index is 12.2. The average Bonchev–Trinajstić information content (AvgIpc) is 2.73. The smallest absolute Gasteiger partial charge is 0.326 e. The predicted octanol–water partition coefficient (Wildman–Crippen LogP) is 4.39. The number of esters is 1. The van der Waals surface area contributed by atoms with Gasteiger partial charge >= 0.3 is 5.97 Å². The predicted molar refractivity (Wildman–Crippen MR) is 105 cm³/mol. The molecule has 4 nitrogen and oxygen atoms in total. The van der Waals surface area contributed by atoms with Crippen LogP contribution in [0.3, 0.4) is 0 Å². The average molecular weight is 359 g/mol. The molecule has 0 aliphatic rings. The molecule has 1 atom stereocenters. The number of hydrogen-bond donors (Lipinski definition) is 1. The van der Waals surface area contributed by atoms with E-state index in [4.69, 9.17) is 4.74 Å². The molecule has 3 aromatic rings. The van der Waals surface area contributed by atoms with Crippen LogP contribution >= 0.6 is 0 Å². The Bertz CT molecular complexity index is 890. The van der Waals surface area contributed by atoms with Crippen molar-refractivity contribution in [2.75, 3.05) is 6.54 Å². The molecular formula is C23H21NO3. The van der Waals surface area contributed by atoms with Gasteiger partial charge in [0.25, 0.3) is 5.91 Å². The Hall–Kier alpha value is -3.40. The Morgan fingerprint density at radius 1 is 0.815 bits per heavy atom. The summed E-state index contributed by atoms with van der Waals surface area (Å²) in [6.07, 6.45) is -0.360. The van der Waals surface area contributed by atoms with Crippen LogP contribution in [0.4, 0.5) is 0 Å². The maximum atomic E-state index is 12.2. The topological polar surface area (TPSA) is 55.4 Å². The largest absolute Gasteiger partial charge is 0.456 e. The molecule has 0 saturated heterocycles. The van der Waals surface area contributed by atoms with E-state index in [9.17, 15) is 9.59 Å². The second-order valence-electron chi connectivity index (χ2n) is 6.17. The Kier molecular flexibility index (Phi) is 6.00. The monoisotopic (exact) mass is 359 g/mol. The molecule has 4 heteroatoms. The van der Waals surface area contributed by atoms with E-state index in [0.717, 1.165) is 16.7 Å². The Balaban J connectivity index is 1.52. The van der Waals surface area contributed by atoms with Crippen LogP contribution in [0.25, 0.3) is 11.1 Å². The summed E-state index contributed by atoms with van der Waals surface area (Å²) < 4.78 is 5.35. The van der Waals surface area contributed by atoms with Gasteiger partial charge in [-0.3, -0.25) is 9.59 Å². The molecule has 1 amide bonds. The van der Waals surface area contributed by atoms with Crippen LogP contribution in [-0.4, -0.2) is 18.4 Å². The van der Waals surface area contributed by atoms with E-state index in [-0.39, 0.29) is 18.6 Å². The van der Waals surface area contributed by atoms with Gasteiger partial charge in [0.1, 0.15) is 12.6 Å². The highest BCUT2D eigenvalue weighted by Crippen LogP contribution is 2.19. The van der Waals surface area contributed by atoms with Crippen LogP contribution in [-0.2, 0) is 9.53 Å². The van der Waals surface area contributed by atoms with Crippen LogP contribution in [0.1, 0.15) is 28.9 Å². The van der Waals surface area contributed by atoms with Crippen molar-refractivity contribution >= 4 is 11.9 Å². The number of rotatable bonds is 6. The summed E-state index contributed by atoms with van der Waals surface area (Å²) in [4.78, 5) is 24.2. The van der Waals surface area contributed by atoms with Crippen LogP contribution in [0, 0.1) is 0 Å². The van der Waals surface area contributed by atoms with Crippen LogP contribution in [0.5, 0.6) is 0 Å². The molecule has 0 aliphatic heterocycles. The fourth-order valence-corrected chi connectivity index (χ4v) is 2.73. The van der Waals surface area contributed by atoms with Gasteiger partial charge in [-0.25, -0.2) is 0 Å². The number of amides is 1. The lowest BCUT2D eigenvalue weighted by Crippen LogP contribution is -2.31. The van der Waals surface area contributed by atoms with Crippen molar-refractivity contribution in [2.24, 2.45) is 0 Å². The molecule has 1 N–H and O–H groups in total. The minimum atomic E-state index is -0.472. The fraction of sp³-hybridized carbons (Fsp3) is 0.130. The van der Waals surface area contributed by atoms with E-state index < -0.39 is 5.97 Å². The lowest BCUT2D eigenvalue weighted by Gasteiger charge is -2.14. The second-order valence-corrected chi connectivity index (χ2v) is 6.17. The quantitative estimate of drug-likeness (QED) is 0.664. The van der Waals surface area contributed by atoms with Gasteiger partial charge < -0.3 is 10.1 Å². The number of benzene rings is 3. The van der Waals surface area contributed by atoms with Gasteiger partial charge in [-0.05, 0) is 35.7 Å². The molecule has 136 valence electrons. The van der Waals surface area contributed by atoms with E-state index in [1.807, 2.05) is 72.8 Å². The third-order valence-electron chi connectivity index (χ3n) is 4.22. The molecule has 0 saturated carbocycles. The summed E-state index contributed by atoms with van der Waals surface area (Å²) in [5.74, 6) is -0.778. The van der Waals surface area contributed by atoms with E-state index >= 15 is 0 Å². The summed E-state index contributed by atoms with van der Waals surface area (Å²) in [6.45, 7) is 1.63. The SMILES string of the molecule is C[C@H](OC(=O)CNC(=O)c1ccc(-c2ccccc2)cc1)c1ccccc1. The second kappa shape index (κ2) is 8.81. The number of ether oxygens (including phenoxy) is 1. The molecule has 0 aliphatic carbocycles. The minimum Gasteiger partial charge on any atom is -0.456 e. The van der Waals surface area contributed by atoms with Gasteiger partial charge in [-0.2, -0.15) is 0 Å². The first-order valence-electron chi connectivity index (χ1n) is 8.81. The summed E-state index contributed by atoms with van der Waals surface area (Å²) in [5, 5.41) is 2.60. The van der Waals surface area contributed by atoms with Crippen molar-refractivity contribution in [3.63, 3.8) is 0 Å². The standard InChI is InChI=1S/C23H21NO3/c1-17(18-8-4-2-5-9-18)27-22(25)16-24-23(26)21-14-12-20(13-15-21)19-10-6-3-7-11-19/h2-15,17H,16H2,1H3,(H,24,26)/t17-/m0/s1. The minimum absolute atomic E-state index is 0.170. The van der Waals surface area contributed by atoms with Gasteiger partial charge in [0.05, 0.1) is 0 Å². The van der Waals surface area contributed by atoms with E-state index in [1.165, 1.54) is 0 Å². The summed E-state index contributed by atoms with van der Waals surface area (Å²) in [6, 6.07) is 26.7. The fourth-order valence-electron chi connectivity index (χ4n) is 2.73. The van der Waals surface area contributed by atoms with Gasteiger partial charge in [0, 0.05) is 5.56 Å². The molecule has 0 fully saturated rings. The molecule has 0 heterocycles. The van der Waals surface area contributed by atoms with E-state index in [0.29, 0.717) is 5.56 Å². The van der Waals surface area contributed by atoms with Crippen molar-refractivity contribution in [1.82, 2.24) is 5.32 Å². The zero-order chi connectivity index (χ0) is 19.1. The Morgan fingerprint density at radius 3 is 2.00 bits per heavy atom. The van der Waals surface area contributed by atoms with E-state index in [1.54, 1.807) is 19.1 Å². The lowest BCUT2D eigenvalue weighted by molar-refractivity contribution is -0.147. The normalized spacial score (nSPS) is 11.4. The molecule has 27 heavy (non-hydrogen) atoms. The van der Waals surface area contributed by atoms with Gasteiger partial charge in [-0.1, -0.05) is 72.8 Å². The van der Waals surface area contributed by atoms with Crippen LogP contribution < -0.4 is 5.32 Å². The summed E-state index contributed by atoms with van der Waals surface area (Å²) in [7, 11) is 0. The number of carbonyl (C=O) groups is 2. The zero-order valence-electron chi connectivity index (χ0n) is 15.1. The van der Waals surface area contributed by atoms with Crippen LogP contribution in [0.2, 0.25) is 0 Å². The van der Waals surface area contributed by atoms with Crippen molar-refractivity contribution in [3.8, 4) is 11.1 Å². The molecule has 0 spiro atoms. The lowest BCUT2D eigenvalue weighted by atomic mass is 10.0. The van der Waals surface area contributed by atoms with Crippen LogP contribution in [0.15, 0.2) is 84.9 Å². The van der Waals surface area contributed by atoms with E-state index in [2.05, 4.69) is 5.32 Å². The highest BCUT2D eigenvalue weighted by Gasteiger charge is 2.13. The molecule has 0 radical (unpaired) electrons. The zero-order valence-corrected chi connectivity index (χ0v) is 15.1. The molecule has 0 aromatic heterocycles. The molecule has 3 aromatic carbocycles.